The lowest BCUT2D eigenvalue weighted by atomic mass is 10.1. The van der Waals surface area contributed by atoms with E-state index in [1.807, 2.05) is 42.6 Å². The number of nitrogens with zero attached hydrogens (tertiary/aromatic N) is 3. The van der Waals surface area contributed by atoms with E-state index in [1.54, 1.807) is 17.6 Å². The van der Waals surface area contributed by atoms with E-state index in [-0.39, 0.29) is 11.9 Å². The van der Waals surface area contributed by atoms with Crippen LogP contribution < -0.4 is 5.32 Å². The van der Waals surface area contributed by atoms with Crippen molar-refractivity contribution < 1.29 is 13.7 Å². The van der Waals surface area contributed by atoms with Crippen LogP contribution in [0.15, 0.2) is 50.9 Å². The first kappa shape index (κ1) is 19.0. The second kappa shape index (κ2) is 8.04. The Balaban J connectivity index is 1.44. The average molecular weight is 423 g/mol. The van der Waals surface area contributed by atoms with Gasteiger partial charge < -0.3 is 14.3 Å². The molecule has 1 aliphatic heterocycles. The topological polar surface area (TPSA) is 84.4 Å². The second-order valence-corrected chi connectivity index (χ2v) is 8.41. The molecule has 5 heterocycles. The zero-order valence-electron chi connectivity index (χ0n) is 16.6. The number of amides is 1. The minimum Gasteiger partial charge on any atom is -0.468 e. The van der Waals surface area contributed by atoms with Crippen LogP contribution in [-0.4, -0.2) is 40.6 Å². The third kappa shape index (κ3) is 3.53. The molecule has 0 radical (unpaired) electrons. The van der Waals surface area contributed by atoms with Crippen molar-refractivity contribution in [1.29, 1.82) is 0 Å². The predicted octanol–water partition coefficient (Wildman–Crippen LogP) is 4.42. The highest BCUT2D eigenvalue weighted by Gasteiger charge is 2.27. The number of carbonyl (C=O) groups excluding carboxylic acids is 1. The van der Waals surface area contributed by atoms with Gasteiger partial charge in [-0.15, -0.1) is 11.3 Å². The lowest BCUT2D eigenvalue weighted by Crippen LogP contribution is -2.36. The summed E-state index contributed by atoms with van der Waals surface area (Å²) in [7, 11) is 0. The molecule has 4 aromatic heterocycles. The van der Waals surface area contributed by atoms with E-state index in [4.69, 9.17) is 8.94 Å². The number of hydrogen-bond donors (Lipinski definition) is 1. The molecular formula is C22H22N4O3S. The molecule has 0 unspecified atom stereocenters. The summed E-state index contributed by atoms with van der Waals surface area (Å²) in [4.78, 5) is 21.2. The number of fused-ring (bicyclic) bond motifs is 1. The maximum Gasteiger partial charge on any atom is 0.259 e. The van der Waals surface area contributed by atoms with Crippen LogP contribution in [0.25, 0.3) is 21.7 Å². The van der Waals surface area contributed by atoms with Crippen LogP contribution in [0, 0.1) is 6.92 Å². The van der Waals surface area contributed by atoms with Gasteiger partial charge in [0.05, 0.1) is 39.5 Å². The van der Waals surface area contributed by atoms with Gasteiger partial charge in [-0.25, -0.2) is 4.98 Å². The molecule has 0 saturated carbocycles. The Hall–Kier alpha value is -2.97. The number of aryl methyl sites for hydroxylation is 1. The SMILES string of the molecule is Cc1noc2nc(-c3cccs3)cc(C(=O)NC[C@H](c3ccco3)N3CCCC3)c12. The number of carbonyl (C=O) groups is 1. The van der Waals surface area contributed by atoms with Gasteiger partial charge in [-0.3, -0.25) is 9.69 Å². The fourth-order valence-corrected chi connectivity index (χ4v) is 4.74. The van der Waals surface area contributed by atoms with Crippen molar-refractivity contribution in [3.8, 4) is 10.6 Å². The van der Waals surface area contributed by atoms with Crippen LogP contribution in [-0.2, 0) is 0 Å². The summed E-state index contributed by atoms with van der Waals surface area (Å²) in [6.07, 6.45) is 4.01. The second-order valence-electron chi connectivity index (χ2n) is 7.46. The van der Waals surface area contributed by atoms with Crippen molar-refractivity contribution in [2.24, 2.45) is 0 Å². The van der Waals surface area contributed by atoms with Gasteiger partial charge in [-0.2, -0.15) is 0 Å². The van der Waals surface area contributed by atoms with Crippen molar-refractivity contribution in [3.05, 3.63) is 59.0 Å². The lowest BCUT2D eigenvalue weighted by Gasteiger charge is -2.26. The number of aromatic nitrogens is 2. The molecule has 0 bridgehead atoms. The Labute approximate surface area is 177 Å². The molecule has 1 N–H and O–H groups in total. The van der Waals surface area contributed by atoms with E-state index in [9.17, 15) is 4.79 Å². The number of likely N-dealkylation sites (tertiary alicyclic amines) is 1. The molecule has 154 valence electrons. The normalized spacial score (nSPS) is 15.6. The molecule has 1 saturated heterocycles. The molecule has 7 nitrogen and oxygen atoms in total. The number of furan rings is 1. The summed E-state index contributed by atoms with van der Waals surface area (Å²) in [5.74, 6) is 0.708. The van der Waals surface area contributed by atoms with Crippen LogP contribution in [0.2, 0.25) is 0 Å². The number of rotatable bonds is 6. The van der Waals surface area contributed by atoms with Crippen LogP contribution in [0.3, 0.4) is 0 Å². The molecule has 30 heavy (non-hydrogen) atoms. The Morgan fingerprint density at radius 3 is 2.90 bits per heavy atom. The Bertz CT molecular complexity index is 1140. The third-order valence-corrected chi connectivity index (χ3v) is 6.44. The van der Waals surface area contributed by atoms with Crippen molar-refractivity contribution >= 4 is 28.3 Å². The highest BCUT2D eigenvalue weighted by atomic mass is 32.1. The maximum absolute atomic E-state index is 13.3. The van der Waals surface area contributed by atoms with Gasteiger partial charge in [0.2, 0.25) is 0 Å². The molecule has 0 aliphatic carbocycles. The molecule has 5 rings (SSSR count). The monoisotopic (exact) mass is 422 g/mol. The zero-order chi connectivity index (χ0) is 20.5. The fraction of sp³-hybridized carbons (Fsp3) is 0.318. The predicted molar refractivity (Wildman–Crippen MR) is 114 cm³/mol. The van der Waals surface area contributed by atoms with Gasteiger partial charge in [0.25, 0.3) is 11.6 Å². The summed E-state index contributed by atoms with van der Waals surface area (Å²) >= 11 is 1.57. The van der Waals surface area contributed by atoms with Gasteiger partial charge in [-0.05, 0) is 62.5 Å². The van der Waals surface area contributed by atoms with Crippen molar-refractivity contribution in [1.82, 2.24) is 20.4 Å². The standard InChI is InChI=1S/C22H22N4O3S/c1-14-20-15(12-16(19-7-5-11-30-19)24-22(20)29-25-14)21(27)23-13-17(18-6-4-10-28-18)26-8-2-3-9-26/h4-7,10-12,17H,2-3,8-9,13H2,1H3,(H,23,27)/t17-/m1/s1. The number of hydrogen-bond acceptors (Lipinski definition) is 7. The first-order valence-electron chi connectivity index (χ1n) is 10.1. The maximum atomic E-state index is 13.3. The smallest absolute Gasteiger partial charge is 0.259 e. The van der Waals surface area contributed by atoms with E-state index in [0.717, 1.165) is 23.7 Å². The van der Waals surface area contributed by atoms with E-state index < -0.39 is 0 Å². The molecular weight excluding hydrogens is 400 g/mol. The van der Waals surface area contributed by atoms with Gasteiger partial charge in [-0.1, -0.05) is 11.2 Å². The van der Waals surface area contributed by atoms with Crippen LogP contribution >= 0.6 is 11.3 Å². The molecule has 8 heteroatoms. The van der Waals surface area contributed by atoms with Gasteiger partial charge in [0, 0.05) is 6.54 Å². The van der Waals surface area contributed by atoms with Crippen molar-refractivity contribution in [3.63, 3.8) is 0 Å². The highest BCUT2D eigenvalue weighted by Crippen LogP contribution is 2.30. The summed E-state index contributed by atoms with van der Waals surface area (Å²) in [6, 6.07) is 9.64. The van der Waals surface area contributed by atoms with E-state index in [1.165, 1.54) is 12.8 Å². The summed E-state index contributed by atoms with van der Waals surface area (Å²) < 4.78 is 11.0. The van der Waals surface area contributed by atoms with E-state index in [2.05, 4.69) is 20.4 Å². The van der Waals surface area contributed by atoms with Crippen LogP contribution in [0.1, 0.15) is 40.7 Å². The molecule has 0 aromatic carbocycles. The quantitative estimate of drug-likeness (QED) is 0.495. The molecule has 1 atom stereocenters. The average Bonchev–Trinajstić information content (AvgIpc) is 3.55. The summed E-state index contributed by atoms with van der Waals surface area (Å²) in [5, 5.41) is 9.77. The number of pyridine rings is 1. The molecule has 0 spiro atoms. The van der Waals surface area contributed by atoms with E-state index >= 15 is 0 Å². The third-order valence-electron chi connectivity index (χ3n) is 5.54. The highest BCUT2D eigenvalue weighted by molar-refractivity contribution is 7.13. The van der Waals surface area contributed by atoms with Crippen molar-refractivity contribution in [2.45, 2.75) is 25.8 Å². The largest absolute Gasteiger partial charge is 0.468 e. The number of thiophene rings is 1. The van der Waals surface area contributed by atoms with Crippen LogP contribution in [0.5, 0.6) is 0 Å². The molecule has 1 fully saturated rings. The first-order chi connectivity index (χ1) is 14.7. The Kier molecular flexibility index (Phi) is 5.10. The minimum atomic E-state index is -0.165. The van der Waals surface area contributed by atoms with Crippen LogP contribution in [0.4, 0.5) is 0 Å². The number of nitrogens with one attached hydrogen (secondary N) is 1. The Morgan fingerprint density at radius 1 is 1.30 bits per heavy atom. The Morgan fingerprint density at radius 2 is 2.17 bits per heavy atom. The molecule has 1 amide bonds. The molecule has 4 aromatic rings. The van der Waals surface area contributed by atoms with Gasteiger partial charge in [0.15, 0.2) is 0 Å². The van der Waals surface area contributed by atoms with Gasteiger partial charge in [0.1, 0.15) is 5.76 Å². The van der Waals surface area contributed by atoms with Crippen molar-refractivity contribution in [2.75, 3.05) is 19.6 Å². The minimum absolute atomic E-state index is 0.0177. The molecule has 1 aliphatic rings. The fourth-order valence-electron chi connectivity index (χ4n) is 4.05. The summed E-state index contributed by atoms with van der Waals surface area (Å²) in [6.45, 7) is 4.31. The summed E-state index contributed by atoms with van der Waals surface area (Å²) in [5.41, 5.74) is 2.27. The zero-order valence-corrected chi connectivity index (χ0v) is 17.4. The first-order valence-corrected chi connectivity index (χ1v) is 11.0. The van der Waals surface area contributed by atoms with Gasteiger partial charge >= 0.3 is 0 Å². The lowest BCUT2D eigenvalue weighted by molar-refractivity contribution is 0.0935. The van der Waals surface area contributed by atoms with E-state index in [0.29, 0.717) is 34.6 Å².